The van der Waals surface area contributed by atoms with E-state index < -0.39 is 5.82 Å². The summed E-state index contributed by atoms with van der Waals surface area (Å²) in [5.74, 6) is -0.266. The van der Waals surface area contributed by atoms with E-state index in [0.29, 0.717) is 13.0 Å². The van der Waals surface area contributed by atoms with Crippen LogP contribution in [0.3, 0.4) is 0 Å². The molecule has 0 saturated carbocycles. The number of nitrogens with zero attached hydrogens (tertiary/aromatic N) is 3. The molecule has 1 amide bonds. The minimum Gasteiger partial charge on any atom is -0.494 e. The Labute approximate surface area is 183 Å². The van der Waals surface area contributed by atoms with E-state index in [0.717, 1.165) is 21.0 Å². The molecule has 0 aliphatic carbocycles. The van der Waals surface area contributed by atoms with Crippen LogP contribution >= 0.6 is 22.7 Å². The highest BCUT2D eigenvalue weighted by Gasteiger charge is 2.34. The van der Waals surface area contributed by atoms with Gasteiger partial charge in [-0.1, -0.05) is 18.2 Å². The predicted octanol–water partition coefficient (Wildman–Crippen LogP) is 4.77. The van der Waals surface area contributed by atoms with Gasteiger partial charge in [-0.15, -0.1) is 22.7 Å². The average Bonchev–Trinajstić information content (AvgIpc) is 3.48. The molecule has 0 fully saturated rings. The third kappa shape index (κ3) is 4.45. The number of thiophene rings is 2. The molecule has 3 heterocycles. The van der Waals surface area contributed by atoms with Gasteiger partial charge >= 0.3 is 0 Å². The van der Waals surface area contributed by atoms with Gasteiger partial charge in [0.25, 0.3) is 5.91 Å². The van der Waals surface area contributed by atoms with Crippen molar-refractivity contribution in [2.45, 2.75) is 19.0 Å². The lowest BCUT2D eigenvalue weighted by Crippen LogP contribution is -2.36. The Hall–Kier alpha value is -2.55. The van der Waals surface area contributed by atoms with Crippen LogP contribution in [0.1, 0.15) is 27.8 Å². The molecule has 0 spiro atoms. The summed E-state index contributed by atoms with van der Waals surface area (Å²) in [6, 6.07) is 12.8. The molecule has 0 N–H and O–H groups in total. The quantitative estimate of drug-likeness (QED) is 0.529. The Balaban J connectivity index is 1.47. The van der Waals surface area contributed by atoms with Gasteiger partial charge in [0, 0.05) is 17.8 Å². The van der Waals surface area contributed by atoms with E-state index in [4.69, 9.17) is 4.74 Å². The summed E-state index contributed by atoms with van der Waals surface area (Å²) >= 11 is 3.27. The van der Waals surface area contributed by atoms with Gasteiger partial charge in [0.2, 0.25) is 0 Å². The third-order valence-electron chi connectivity index (χ3n) is 4.92. The van der Waals surface area contributed by atoms with Crippen LogP contribution in [0.15, 0.2) is 58.3 Å². The lowest BCUT2D eigenvalue weighted by Gasteiger charge is -2.24. The molecule has 1 atom stereocenters. The van der Waals surface area contributed by atoms with Crippen LogP contribution < -0.4 is 4.74 Å². The highest BCUT2D eigenvalue weighted by molar-refractivity contribution is 7.12. The number of ether oxygens (including phenoxy) is 1. The van der Waals surface area contributed by atoms with Crippen molar-refractivity contribution in [2.75, 3.05) is 20.7 Å². The number of hydrazone groups is 1. The molecular formula is C22H22FN3O2S2. The predicted molar refractivity (Wildman–Crippen MR) is 119 cm³/mol. The van der Waals surface area contributed by atoms with Gasteiger partial charge in [-0.05, 0) is 47.6 Å². The van der Waals surface area contributed by atoms with Gasteiger partial charge < -0.3 is 4.74 Å². The maximum Gasteiger partial charge on any atom is 0.257 e. The van der Waals surface area contributed by atoms with Crippen molar-refractivity contribution >= 4 is 34.3 Å². The molecule has 1 unspecified atom stereocenters. The van der Waals surface area contributed by atoms with Crippen molar-refractivity contribution < 1.29 is 13.9 Å². The highest BCUT2D eigenvalue weighted by Crippen LogP contribution is 2.36. The van der Waals surface area contributed by atoms with E-state index in [1.165, 1.54) is 13.2 Å². The molecule has 8 heteroatoms. The number of methoxy groups -OCH3 is 1. The molecule has 1 aromatic carbocycles. The summed E-state index contributed by atoms with van der Waals surface area (Å²) < 4.78 is 18.9. The number of rotatable bonds is 7. The van der Waals surface area contributed by atoms with Crippen LogP contribution in [-0.2, 0) is 11.3 Å². The number of benzene rings is 1. The molecule has 2 aromatic heterocycles. The molecule has 1 aliphatic rings. The molecule has 0 saturated heterocycles. The third-order valence-corrected chi connectivity index (χ3v) is 6.81. The van der Waals surface area contributed by atoms with Crippen LogP contribution in [0, 0.1) is 5.82 Å². The van der Waals surface area contributed by atoms with E-state index in [-0.39, 0.29) is 24.2 Å². The first-order valence-electron chi connectivity index (χ1n) is 9.53. The number of halogens is 1. The standard InChI is InChI=1S/C22H22FN3O2S2/c1-25(13-15-7-8-19(28-2)16(23)11-15)14-22(27)26-18(21-6-4-10-30-21)12-17(24-26)20-5-3-9-29-20/h3-11,18H,12-14H2,1-2H3. The summed E-state index contributed by atoms with van der Waals surface area (Å²) in [6.45, 7) is 0.641. The molecular weight excluding hydrogens is 421 g/mol. The number of hydrogen-bond acceptors (Lipinski definition) is 6. The number of likely N-dealkylation sites (N-methyl/N-ethyl adjacent to an activating group) is 1. The first kappa shape index (κ1) is 20.7. The summed E-state index contributed by atoms with van der Waals surface area (Å²) in [5.41, 5.74) is 1.72. The van der Waals surface area contributed by atoms with Gasteiger partial charge in [-0.3, -0.25) is 9.69 Å². The number of carbonyl (C=O) groups is 1. The molecule has 4 rings (SSSR count). The zero-order valence-electron chi connectivity index (χ0n) is 16.7. The first-order valence-corrected chi connectivity index (χ1v) is 11.3. The lowest BCUT2D eigenvalue weighted by atomic mass is 10.1. The molecule has 0 radical (unpaired) electrons. The number of amides is 1. The van der Waals surface area contributed by atoms with Crippen molar-refractivity contribution in [1.82, 2.24) is 9.91 Å². The molecule has 156 valence electrons. The van der Waals surface area contributed by atoms with Crippen molar-refractivity contribution in [3.8, 4) is 5.75 Å². The number of hydrogen-bond donors (Lipinski definition) is 0. The van der Waals surface area contributed by atoms with Gasteiger partial charge in [-0.25, -0.2) is 9.40 Å². The molecule has 3 aromatic rings. The Morgan fingerprint density at radius 3 is 2.73 bits per heavy atom. The second kappa shape index (κ2) is 9.07. The fraction of sp³-hybridized carbons (Fsp3) is 0.273. The van der Waals surface area contributed by atoms with Crippen LogP contribution in [-0.4, -0.2) is 42.2 Å². The van der Waals surface area contributed by atoms with E-state index in [9.17, 15) is 9.18 Å². The zero-order valence-corrected chi connectivity index (χ0v) is 18.4. The van der Waals surface area contributed by atoms with Crippen LogP contribution in [0.5, 0.6) is 5.75 Å². The SMILES string of the molecule is COc1ccc(CN(C)CC(=O)N2N=C(c3cccs3)CC2c2cccs2)cc1F. The van der Waals surface area contributed by atoms with Gasteiger partial charge in [0.1, 0.15) is 0 Å². The summed E-state index contributed by atoms with van der Waals surface area (Å²) in [6.07, 6.45) is 0.709. The van der Waals surface area contributed by atoms with E-state index in [2.05, 4.69) is 5.10 Å². The summed E-state index contributed by atoms with van der Waals surface area (Å²) in [7, 11) is 3.29. The maximum absolute atomic E-state index is 14.0. The molecule has 30 heavy (non-hydrogen) atoms. The fourth-order valence-corrected chi connectivity index (χ4v) is 5.05. The minimum absolute atomic E-state index is 0.0727. The van der Waals surface area contributed by atoms with Crippen molar-refractivity contribution in [2.24, 2.45) is 5.10 Å². The molecule has 0 bridgehead atoms. The van der Waals surface area contributed by atoms with E-state index >= 15 is 0 Å². The Morgan fingerprint density at radius 2 is 2.07 bits per heavy atom. The van der Waals surface area contributed by atoms with Gasteiger partial charge in [-0.2, -0.15) is 5.10 Å². The smallest absolute Gasteiger partial charge is 0.257 e. The van der Waals surface area contributed by atoms with Crippen LogP contribution in [0.2, 0.25) is 0 Å². The zero-order chi connectivity index (χ0) is 21.1. The van der Waals surface area contributed by atoms with Crippen molar-refractivity contribution in [3.05, 3.63) is 74.4 Å². The van der Waals surface area contributed by atoms with Gasteiger partial charge in [0.15, 0.2) is 11.6 Å². The summed E-state index contributed by atoms with van der Waals surface area (Å²) in [4.78, 5) is 17.2. The monoisotopic (exact) mass is 443 g/mol. The summed E-state index contributed by atoms with van der Waals surface area (Å²) in [5, 5.41) is 10.3. The second-order valence-electron chi connectivity index (χ2n) is 7.14. The normalized spacial score (nSPS) is 16.2. The Morgan fingerprint density at radius 1 is 1.27 bits per heavy atom. The maximum atomic E-state index is 14.0. The topological polar surface area (TPSA) is 45.1 Å². The van der Waals surface area contributed by atoms with Crippen molar-refractivity contribution in [1.29, 1.82) is 0 Å². The Bertz CT molecular complexity index is 1030. The average molecular weight is 444 g/mol. The van der Waals surface area contributed by atoms with Crippen LogP contribution in [0.25, 0.3) is 0 Å². The first-order chi connectivity index (χ1) is 14.5. The minimum atomic E-state index is -0.405. The highest BCUT2D eigenvalue weighted by atomic mass is 32.1. The second-order valence-corrected chi connectivity index (χ2v) is 9.07. The Kier molecular flexibility index (Phi) is 6.26. The lowest BCUT2D eigenvalue weighted by molar-refractivity contribution is -0.134. The molecule has 1 aliphatic heterocycles. The van der Waals surface area contributed by atoms with E-state index in [1.54, 1.807) is 39.8 Å². The largest absolute Gasteiger partial charge is 0.494 e. The van der Waals surface area contributed by atoms with Crippen molar-refractivity contribution in [3.63, 3.8) is 0 Å². The van der Waals surface area contributed by atoms with Crippen LogP contribution in [0.4, 0.5) is 4.39 Å². The van der Waals surface area contributed by atoms with Gasteiger partial charge in [0.05, 0.1) is 30.3 Å². The molecule has 5 nitrogen and oxygen atoms in total. The number of carbonyl (C=O) groups excluding carboxylic acids is 1. The fourth-order valence-electron chi connectivity index (χ4n) is 3.51. The van der Waals surface area contributed by atoms with E-state index in [1.807, 2.05) is 47.0 Å².